The molecule has 3 saturated carbocycles. The number of pyridine rings is 3. The number of rotatable bonds is 7. The quantitative estimate of drug-likeness (QED) is 0.118. The van der Waals surface area contributed by atoms with Crippen molar-refractivity contribution in [2.75, 3.05) is 0 Å². The van der Waals surface area contributed by atoms with Crippen LogP contribution in [0.5, 0.6) is 0 Å². The Morgan fingerprint density at radius 2 is 1.66 bits per heavy atom. The molecule has 1 unspecified atom stereocenters. The van der Waals surface area contributed by atoms with Gasteiger partial charge in [0.1, 0.15) is 0 Å². The zero-order chi connectivity index (χ0) is 36.6. The van der Waals surface area contributed by atoms with E-state index >= 15 is 0 Å². The Bertz CT molecular complexity index is 2150. The van der Waals surface area contributed by atoms with Crippen molar-refractivity contribution in [1.29, 1.82) is 0 Å². The smallest absolute Gasteiger partial charge is 0.216 e. The zero-order valence-corrected chi connectivity index (χ0v) is 36.2. The molecule has 0 spiro atoms. The molecule has 4 heterocycles. The fourth-order valence-corrected chi connectivity index (χ4v) is 10.1. The monoisotopic (exact) mass is 898 g/mol. The van der Waals surface area contributed by atoms with E-state index in [-0.39, 0.29) is 25.5 Å². The van der Waals surface area contributed by atoms with Gasteiger partial charge in [-0.1, -0.05) is 101 Å². The van der Waals surface area contributed by atoms with Gasteiger partial charge in [-0.15, -0.1) is 54.1 Å². The minimum Gasteiger partial charge on any atom is -0.486 e. The van der Waals surface area contributed by atoms with Crippen molar-refractivity contribution in [3.63, 3.8) is 0 Å². The molecule has 3 aliphatic carbocycles. The van der Waals surface area contributed by atoms with Crippen LogP contribution in [-0.4, -0.2) is 23.0 Å². The fourth-order valence-electron chi connectivity index (χ4n) is 8.52. The molecule has 0 N–H and O–H groups in total. The van der Waals surface area contributed by atoms with E-state index < -0.39 is 8.07 Å². The average Bonchev–Trinajstić information content (AvgIpc) is 3.50. The second-order valence-electron chi connectivity index (χ2n) is 17.9. The van der Waals surface area contributed by atoms with Gasteiger partial charge in [0.15, 0.2) is 0 Å². The van der Waals surface area contributed by atoms with Crippen LogP contribution in [0.25, 0.3) is 44.6 Å². The molecule has 0 aliphatic heterocycles. The van der Waals surface area contributed by atoms with Gasteiger partial charge in [-0.25, -0.2) is 4.98 Å². The van der Waals surface area contributed by atoms with E-state index in [0.717, 1.165) is 68.7 Å². The Balaban J connectivity index is 0.000000199. The van der Waals surface area contributed by atoms with Gasteiger partial charge in [0, 0.05) is 49.0 Å². The number of furan rings is 1. The topological polar surface area (TPSA) is 51.8 Å². The molecule has 2 aromatic carbocycles. The zero-order valence-electron chi connectivity index (χ0n) is 32.8. The molecule has 0 amide bonds. The van der Waals surface area contributed by atoms with Crippen LogP contribution >= 0.6 is 0 Å². The first kappa shape index (κ1) is 39.3. The van der Waals surface area contributed by atoms with Crippen molar-refractivity contribution in [1.82, 2.24) is 15.0 Å². The molecular weight excluding hydrogens is 843 g/mol. The van der Waals surface area contributed by atoms with Gasteiger partial charge in [0.2, 0.25) is 5.71 Å². The number of fused-ring (bicyclic) bond motifs is 6. The minimum absolute atomic E-state index is 0. The first-order valence-corrected chi connectivity index (χ1v) is 23.0. The van der Waals surface area contributed by atoms with Crippen molar-refractivity contribution in [2.24, 2.45) is 23.7 Å². The van der Waals surface area contributed by atoms with E-state index in [9.17, 15) is 0 Å². The Labute approximate surface area is 332 Å². The molecule has 2 bridgehead atoms. The Morgan fingerprint density at radius 3 is 2.32 bits per heavy atom. The molecule has 3 aliphatic rings. The standard InChI is InChI=1S/C29H31N2O.C18H24NSi.Ir/c1-29(2,3)26-12-11-23-22-5-4-6-24(27(22)32-28(23)31-26)25-17-19(13-14-30-25)16-21-15-18-7-9-20(21)10-8-18;1-14(2)11-16-12-17(15-9-7-6-8-10-15)19-13-18(16)20(3,4)5;/h4-5,11-14,17-18,20-21H,7-10,15-16H2,1-3H3;6-9,12-14H,11H2,1-5H3;/q2*-1;. The summed E-state index contributed by atoms with van der Waals surface area (Å²) >= 11 is 0. The summed E-state index contributed by atoms with van der Waals surface area (Å²) in [4.78, 5) is 14.2. The van der Waals surface area contributed by atoms with E-state index in [2.05, 4.69) is 120 Å². The fraction of sp³-hybridized carbons (Fsp3) is 0.426. The predicted molar refractivity (Wildman–Crippen MR) is 220 cm³/mol. The normalized spacial score (nSPS) is 18.5. The van der Waals surface area contributed by atoms with Crippen molar-refractivity contribution in [3.05, 3.63) is 108 Å². The van der Waals surface area contributed by atoms with E-state index in [1.54, 1.807) is 0 Å². The number of nitrogens with zero attached hydrogens (tertiary/aromatic N) is 3. The summed E-state index contributed by atoms with van der Waals surface area (Å²) in [7, 11) is -1.34. The maximum absolute atomic E-state index is 6.32. The summed E-state index contributed by atoms with van der Waals surface area (Å²) in [6.07, 6.45) is 13.6. The summed E-state index contributed by atoms with van der Waals surface area (Å²) in [5.41, 5.74) is 9.43. The molecule has 3 fully saturated rings. The SMILES string of the molecule is CC(C)(C)c1ccc2c(n1)oc1c(-c3cc(CC4CC5CCC4CC5)ccn3)[c-]ccc12.CC(C)Cc1cc(-c2[c-]cccc2)ncc1[Si](C)(C)C.[Ir]. The van der Waals surface area contributed by atoms with E-state index in [0.29, 0.717) is 11.6 Å². The summed E-state index contributed by atoms with van der Waals surface area (Å²) in [5, 5.41) is 3.63. The number of aromatic nitrogens is 3. The van der Waals surface area contributed by atoms with Gasteiger partial charge in [-0.3, -0.25) is 0 Å². The Morgan fingerprint density at radius 1 is 0.868 bits per heavy atom. The third-order valence-electron chi connectivity index (χ3n) is 11.3. The number of hydrogen-bond acceptors (Lipinski definition) is 4. The summed E-state index contributed by atoms with van der Waals surface area (Å²) < 4.78 is 6.32. The third kappa shape index (κ3) is 8.93. The van der Waals surface area contributed by atoms with Gasteiger partial charge < -0.3 is 14.4 Å². The second-order valence-corrected chi connectivity index (χ2v) is 22.9. The second kappa shape index (κ2) is 16.1. The molecule has 4 nitrogen and oxygen atoms in total. The first-order chi connectivity index (χ1) is 24.8. The molecule has 6 aromatic rings. The van der Waals surface area contributed by atoms with Crippen molar-refractivity contribution < 1.29 is 24.5 Å². The van der Waals surface area contributed by atoms with Gasteiger partial charge in [-0.05, 0) is 90.5 Å². The van der Waals surface area contributed by atoms with Crippen LogP contribution in [-0.2, 0) is 38.4 Å². The van der Waals surface area contributed by atoms with E-state index in [1.165, 1.54) is 54.8 Å². The summed E-state index contributed by atoms with van der Waals surface area (Å²) in [6.45, 7) is 18.3. The van der Waals surface area contributed by atoms with Crippen LogP contribution in [0, 0.1) is 35.8 Å². The maximum atomic E-state index is 6.32. The predicted octanol–water partition coefficient (Wildman–Crippen LogP) is 11.8. The summed E-state index contributed by atoms with van der Waals surface area (Å²) in [5.74, 6) is 3.39. The van der Waals surface area contributed by atoms with Gasteiger partial charge in [-0.2, -0.15) is 0 Å². The number of benzene rings is 2. The Kier molecular flexibility index (Phi) is 11.9. The first-order valence-electron chi connectivity index (χ1n) is 19.5. The number of hydrogen-bond donors (Lipinski definition) is 0. The molecule has 4 aromatic heterocycles. The van der Waals surface area contributed by atoms with Crippen LogP contribution in [0.4, 0.5) is 0 Å². The molecule has 0 saturated heterocycles. The van der Waals surface area contributed by atoms with Gasteiger partial charge in [0.05, 0.1) is 13.7 Å². The van der Waals surface area contributed by atoms with Gasteiger partial charge >= 0.3 is 0 Å². The Hall–Kier alpha value is -3.44. The van der Waals surface area contributed by atoms with Crippen LogP contribution in [0.3, 0.4) is 0 Å². The van der Waals surface area contributed by atoms with Crippen LogP contribution in [0.2, 0.25) is 19.6 Å². The van der Waals surface area contributed by atoms with Gasteiger partial charge in [0.25, 0.3) is 0 Å². The molecule has 9 rings (SSSR count). The largest absolute Gasteiger partial charge is 0.486 e. The van der Waals surface area contributed by atoms with Crippen molar-refractivity contribution in [2.45, 2.75) is 105 Å². The van der Waals surface area contributed by atoms with Crippen molar-refractivity contribution >= 4 is 35.3 Å². The van der Waals surface area contributed by atoms with Crippen LogP contribution < -0.4 is 5.19 Å². The molecular formula is C47H55IrN3OSi-2. The van der Waals surface area contributed by atoms with Crippen LogP contribution in [0.15, 0.2) is 83.5 Å². The molecule has 1 atom stereocenters. The molecule has 53 heavy (non-hydrogen) atoms. The van der Waals surface area contributed by atoms with E-state index in [1.807, 2.05) is 30.5 Å². The average molecular weight is 898 g/mol. The van der Waals surface area contributed by atoms with Crippen LogP contribution in [0.1, 0.15) is 83.5 Å². The third-order valence-corrected chi connectivity index (χ3v) is 13.3. The minimum atomic E-state index is -1.34. The molecule has 1 radical (unpaired) electrons. The molecule has 6 heteroatoms. The maximum Gasteiger partial charge on any atom is 0.216 e. The summed E-state index contributed by atoms with van der Waals surface area (Å²) in [6, 6.07) is 29.8. The molecule has 279 valence electrons. The van der Waals surface area contributed by atoms with E-state index in [4.69, 9.17) is 14.4 Å². The van der Waals surface area contributed by atoms with Crippen molar-refractivity contribution in [3.8, 4) is 22.5 Å².